The Morgan fingerprint density at radius 2 is 1.57 bits per heavy atom. The molecule has 2 aromatic rings. The quantitative estimate of drug-likeness (QED) is 0.667. The Morgan fingerprint density at radius 1 is 1.05 bits per heavy atom. The highest BCUT2D eigenvalue weighted by molar-refractivity contribution is 5.88. The molecule has 0 aliphatic rings. The van der Waals surface area contributed by atoms with Gasteiger partial charge in [0, 0.05) is 24.9 Å². The number of carbonyl (C=O) groups is 1. The third-order valence-electron chi connectivity index (χ3n) is 2.62. The minimum atomic E-state index is -0.469. The van der Waals surface area contributed by atoms with E-state index in [0.717, 1.165) is 0 Å². The molecule has 108 valence electrons. The zero-order chi connectivity index (χ0) is 15.2. The average Bonchev–Trinajstić information content (AvgIpc) is 2.49. The topological polar surface area (TPSA) is 93.5 Å². The summed E-state index contributed by atoms with van der Waals surface area (Å²) in [5.41, 5.74) is 0.637. The van der Waals surface area contributed by atoms with Gasteiger partial charge in [-0.3, -0.25) is 10.1 Å². The predicted molar refractivity (Wildman–Crippen MR) is 77.7 cm³/mol. The molecule has 0 saturated carbocycles. The normalized spacial score (nSPS) is 9.76. The number of anilines is 1. The fourth-order valence-corrected chi connectivity index (χ4v) is 1.57. The van der Waals surface area contributed by atoms with Crippen molar-refractivity contribution >= 4 is 17.4 Å². The van der Waals surface area contributed by atoms with E-state index in [1.807, 2.05) is 0 Å². The number of rotatable bonds is 4. The maximum atomic E-state index is 11.1. The highest BCUT2D eigenvalue weighted by Crippen LogP contribution is 2.24. The summed E-state index contributed by atoms with van der Waals surface area (Å²) in [5.74, 6) is 1.05. The lowest BCUT2D eigenvalue weighted by Gasteiger charge is -2.07. The van der Waals surface area contributed by atoms with Crippen LogP contribution >= 0.6 is 0 Å². The Labute approximate surface area is 120 Å². The summed E-state index contributed by atoms with van der Waals surface area (Å²) < 4.78 is 5.55. The number of benzene rings is 2. The zero-order valence-corrected chi connectivity index (χ0v) is 11.2. The van der Waals surface area contributed by atoms with Crippen LogP contribution < -0.4 is 15.4 Å². The minimum Gasteiger partial charge on any atom is -0.457 e. The van der Waals surface area contributed by atoms with E-state index in [4.69, 9.17) is 4.74 Å². The standard InChI is InChI=1S/C14H13N3O4/c1-15-14(18)16-10-2-6-12(7-3-10)21-13-8-4-11(5-9-13)17(19)20/h2-9H,1H3,(H2,15,16,18). The van der Waals surface area contributed by atoms with Gasteiger partial charge in [-0.05, 0) is 36.4 Å². The Kier molecular flexibility index (Phi) is 4.35. The largest absolute Gasteiger partial charge is 0.457 e. The van der Waals surface area contributed by atoms with E-state index in [1.165, 1.54) is 31.3 Å². The van der Waals surface area contributed by atoms with Crippen LogP contribution in [0.4, 0.5) is 16.2 Å². The minimum absolute atomic E-state index is 0.00692. The summed E-state index contributed by atoms with van der Waals surface area (Å²) in [6.45, 7) is 0. The predicted octanol–water partition coefficient (Wildman–Crippen LogP) is 3.14. The second-order valence-electron chi connectivity index (χ2n) is 4.08. The number of urea groups is 1. The van der Waals surface area contributed by atoms with Gasteiger partial charge in [0.2, 0.25) is 0 Å². The van der Waals surface area contributed by atoms with Gasteiger partial charge in [0.1, 0.15) is 11.5 Å². The van der Waals surface area contributed by atoms with Crippen molar-refractivity contribution in [1.29, 1.82) is 0 Å². The van der Waals surface area contributed by atoms with E-state index < -0.39 is 4.92 Å². The Bertz CT molecular complexity index is 638. The lowest BCUT2D eigenvalue weighted by Crippen LogP contribution is -2.24. The SMILES string of the molecule is CNC(=O)Nc1ccc(Oc2ccc([N+](=O)[O-])cc2)cc1. The second kappa shape index (κ2) is 6.38. The third kappa shape index (κ3) is 3.93. The Morgan fingerprint density at radius 3 is 2.05 bits per heavy atom. The first-order chi connectivity index (χ1) is 10.1. The molecule has 0 bridgehead atoms. The number of nitro groups is 1. The number of non-ortho nitro benzene ring substituents is 1. The molecule has 7 nitrogen and oxygen atoms in total. The van der Waals surface area contributed by atoms with Gasteiger partial charge >= 0.3 is 6.03 Å². The van der Waals surface area contributed by atoms with Crippen molar-refractivity contribution in [3.05, 3.63) is 58.6 Å². The van der Waals surface area contributed by atoms with Gasteiger partial charge in [-0.15, -0.1) is 0 Å². The van der Waals surface area contributed by atoms with Crippen molar-refractivity contribution in [2.45, 2.75) is 0 Å². The number of amides is 2. The van der Waals surface area contributed by atoms with Crippen molar-refractivity contribution in [3.8, 4) is 11.5 Å². The van der Waals surface area contributed by atoms with Gasteiger partial charge in [0.15, 0.2) is 0 Å². The molecule has 0 spiro atoms. The molecule has 0 heterocycles. The monoisotopic (exact) mass is 287 g/mol. The molecule has 0 aromatic heterocycles. The van der Waals surface area contributed by atoms with E-state index in [9.17, 15) is 14.9 Å². The maximum absolute atomic E-state index is 11.1. The van der Waals surface area contributed by atoms with E-state index in [0.29, 0.717) is 17.2 Å². The Hall–Kier alpha value is -3.09. The molecule has 0 aliphatic heterocycles. The summed E-state index contributed by atoms with van der Waals surface area (Å²) in [6.07, 6.45) is 0. The van der Waals surface area contributed by atoms with Crippen molar-refractivity contribution in [1.82, 2.24) is 5.32 Å². The van der Waals surface area contributed by atoms with Crippen LogP contribution in [0.3, 0.4) is 0 Å². The van der Waals surface area contributed by atoms with Crippen LogP contribution in [0.2, 0.25) is 0 Å². The molecule has 0 saturated heterocycles. The number of nitrogens with one attached hydrogen (secondary N) is 2. The molecule has 2 rings (SSSR count). The highest BCUT2D eigenvalue weighted by atomic mass is 16.6. The average molecular weight is 287 g/mol. The van der Waals surface area contributed by atoms with Crippen LogP contribution in [0.15, 0.2) is 48.5 Å². The molecule has 0 fully saturated rings. The smallest absolute Gasteiger partial charge is 0.318 e. The molecule has 0 radical (unpaired) electrons. The summed E-state index contributed by atoms with van der Waals surface area (Å²) in [4.78, 5) is 21.2. The van der Waals surface area contributed by atoms with Crippen LogP contribution in [-0.2, 0) is 0 Å². The molecule has 2 aromatic carbocycles. The third-order valence-corrected chi connectivity index (χ3v) is 2.62. The van der Waals surface area contributed by atoms with E-state index in [1.54, 1.807) is 24.3 Å². The fourth-order valence-electron chi connectivity index (χ4n) is 1.57. The summed E-state index contributed by atoms with van der Waals surface area (Å²) in [6, 6.07) is 12.2. The van der Waals surface area contributed by atoms with Gasteiger partial charge < -0.3 is 15.4 Å². The van der Waals surface area contributed by atoms with Gasteiger partial charge in [-0.2, -0.15) is 0 Å². The van der Waals surface area contributed by atoms with Crippen molar-refractivity contribution in [2.24, 2.45) is 0 Å². The fraction of sp³-hybridized carbons (Fsp3) is 0.0714. The van der Waals surface area contributed by atoms with Gasteiger partial charge in [-0.25, -0.2) is 4.79 Å². The molecule has 7 heteroatoms. The van der Waals surface area contributed by atoms with E-state index in [-0.39, 0.29) is 11.7 Å². The number of hydrogen-bond donors (Lipinski definition) is 2. The molecule has 2 N–H and O–H groups in total. The molecule has 0 aliphatic carbocycles. The summed E-state index contributed by atoms with van der Waals surface area (Å²) in [7, 11) is 1.53. The van der Waals surface area contributed by atoms with E-state index in [2.05, 4.69) is 10.6 Å². The van der Waals surface area contributed by atoms with Crippen LogP contribution in [0.1, 0.15) is 0 Å². The van der Waals surface area contributed by atoms with Crippen molar-refractivity contribution in [2.75, 3.05) is 12.4 Å². The summed E-state index contributed by atoms with van der Waals surface area (Å²) >= 11 is 0. The van der Waals surface area contributed by atoms with Crippen LogP contribution in [0.5, 0.6) is 11.5 Å². The zero-order valence-electron chi connectivity index (χ0n) is 11.2. The number of carbonyl (C=O) groups excluding carboxylic acids is 1. The van der Waals surface area contributed by atoms with Gasteiger partial charge in [0.25, 0.3) is 5.69 Å². The lowest BCUT2D eigenvalue weighted by molar-refractivity contribution is -0.384. The molecular weight excluding hydrogens is 274 g/mol. The second-order valence-corrected chi connectivity index (χ2v) is 4.08. The van der Waals surface area contributed by atoms with Crippen molar-refractivity contribution in [3.63, 3.8) is 0 Å². The lowest BCUT2D eigenvalue weighted by atomic mass is 10.3. The van der Waals surface area contributed by atoms with Gasteiger partial charge in [0.05, 0.1) is 4.92 Å². The highest BCUT2D eigenvalue weighted by Gasteiger charge is 2.05. The molecule has 0 unspecified atom stereocenters. The number of nitro benzene ring substituents is 1. The first-order valence-corrected chi connectivity index (χ1v) is 6.09. The van der Waals surface area contributed by atoms with Crippen LogP contribution in [0, 0.1) is 10.1 Å². The van der Waals surface area contributed by atoms with Gasteiger partial charge in [-0.1, -0.05) is 0 Å². The number of hydrogen-bond acceptors (Lipinski definition) is 4. The summed E-state index contributed by atoms with van der Waals surface area (Å²) in [5, 5.41) is 15.6. The Balaban J connectivity index is 2.02. The van der Waals surface area contributed by atoms with Crippen LogP contribution in [-0.4, -0.2) is 18.0 Å². The number of ether oxygens (including phenoxy) is 1. The molecule has 21 heavy (non-hydrogen) atoms. The maximum Gasteiger partial charge on any atom is 0.318 e. The molecule has 2 amide bonds. The van der Waals surface area contributed by atoms with Crippen LogP contribution in [0.25, 0.3) is 0 Å². The molecular formula is C14H13N3O4. The first kappa shape index (κ1) is 14.3. The van der Waals surface area contributed by atoms with E-state index >= 15 is 0 Å². The molecule has 0 atom stereocenters. The first-order valence-electron chi connectivity index (χ1n) is 6.09. The number of nitrogens with zero attached hydrogens (tertiary/aromatic N) is 1. The van der Waals surface area contributed by atoms with Crippen molar-refractivity contribution < 1.29 is 14.5 Å².